The molecule has 0 saturated heterocycles. The second-order valence-electron chi connectivity index (χ2n) is 4.95. The average Bonchev–Trinajstić information content (AvgIpc) is 2.22. The summed E-state index contributed by atoms with van der Waals surface area (Å²) in [5.74, 6) is -0.275. The van der Waals surface area contributed by atoms with Crippen molar-refractivity contribution in [1.82, 2.24) is 0 Å². The Kier molecular flexibility index (Phi) is 3.86. The molecule has 1 aromatic rings. The summed E-state index contributed by atoms with van der Waals surface area (Å²) in [4.78, 5) is 24.0. The van der Waals surface area contributed by atoms with Gasteiger partial charge in [-0.1, -0.05) is 50.1 Å². The summed E-state index contributed by atoms with van der Waals surface area (Å²) < 4.78 is 0. The van der Waals surface area contributed by atoms with E-state index in [1.54, 1.807) is 24.3 Å². The quantitative estimate of drug-likeness (QED) is 0.629. The van der Waals surface area contributed by atoms with Crippen molar-refractivity contribution >= 4 is 11.6 Å². The number of hydrogen-bond donors (Lipinski definition) is 0. The van der Waals surface area contributed by atoms with E-state index in [4.69, 9.17) is 0 Å². The second kappa shape index (κ2) is 4.68. The van der Waals surface area contributed by atoms with Crippen LogP contribution in [0.1, 0.15) is 41.5 Å². The molecule has 2 nitrogen and oxygen atoms in total. The molecule has 1 radical (unpaired) electrons. The Labute approximate surface area is 115 Å². The Morgan fingerprint density at radius 1 is 1.00 bits per heavy atom. The molecule has 89 valence electrons. The minimum Gasteiger partial charge on any atom is -0.366 e. The second-order valence-corrected chi connectivity index (χ2v) is 4.95. The third kappa shape index (κ3) is 2.46. The molecule has 0 aliphatic heterocycles. The zero-order valence-electron chi connectivity index (χ0n) is 10.0. The molecule has 0 amide bonds. The number of hydrogen-bond acceptors (Lipinski definition) is 2. The summed E-state index contributed by atoms with van der Waals surface area (Å²) in [5, 5.41) is 0. The van der Waals surface area contributed by atoms with Crippen LogP contribution in [-0.2, 0) is 20.4 Å². The molecule has 1 aliphatic rings. The fourth-order valence-corrected chi connectivity index (χ4v) is 1.78. The molecule has 0 bridgehead atoms. The van der Waals surface area contributed by atoms with E-state index in [-0.39, 0.29) is 37.4 Å². The van der Waals surface area contributed by atoms with Crippen molar-refractivity contribution in [1.29, 1.82) is 0 Å². The molecule has 0 saturated carbocycles. The number of fused-ring (bicyclic) bond motifs is 1. The van der Waals surface area contributed by atoms with Crippen LogP contribution in [0, 0.1) is 11.5 Å². The summed E-state index contributed by atoms with van der Waals surface area (Å²) in [5.41, 5.74) is 1.08. The van der Waals surface area contributed by atoms with E-state index < -0.39 is 0 Å². The predicted octanol–water partition coefficient (Wildman–Crippen LogP) is 2.84. The number of allylic oxidation sites excluding steroid dienone is 2. The molecule has 1 aliphatic carbocycles. The number of carbonyl (C=O) groups is 2. The Balaban J connectivity index is 0.00000144. The molecule has 3 heteroatoms. The monoisotopic (exact) mass is 400 g/mol. The standard InChI is InChI=1S/C14H13O2.Re/c1-14(2,3)11-8-12(15)9-6-4-5-7-10(9)13(11)16;/h4-7H,1-3H3;/q-1;. The van der Waals surface area contributed by atoms with Gasteiger partial charge in [-0.05, 0) is 5.41 Å². The van der Waals surface area contributed by atoms with E-state index in [0.717, 1.165) is 0 Å². The van der Waals surface area contributed by atoms with Crippen molar-refractivity contribution in [2.75, 3.05) is 0 Å². The van der Waals surface area contributed by atoms with Crippen molar-refractivity contribution in [2.45, 2.75) is 20.8 Å². The van der Waals surface area contributed by atoms with Gasteiger partial charge in [0.05, 0.1) is 11.6 Å². The van der Waals surface area contributed by atoms with E-state index in [0.29, 0.717) is 16.7 Å². The van der Waals surface area contributed by atoms with Crippen LogP contribution in [0.5, 0.6) is 0 Å². The third-order valence-corrected chi connectivity index (χ3v) is 2.63. The summed E-state index contributed by atoms with van der Waals surface area (Å²) in [6, 6.07) is 6.90. The summed E-state index contributed by atoms with van der Waals surface area (Å²) in [6.07, 6.45) is 2.69. The molecule has 0 fully saturated rings. The van der Waals surface area contributed by atoms with Gasteiger partial charge < -0.3 is 9.59 Å². The minimum atomic E-state index is -0.347. The topological polar surface area (TPSA) is 34.1 Å². The van der Waals surface area contributed by atoms with E-state index in [1.165, 1.54) is 0 Å². The molecule has 2 rings (SSSR count). The number of ketones is 2. The Hall–Kier alpha value is -1.04. The number of carbonyl (C=O) groups excluding carboxylic acids is 2. The first-order chi connectivity index (χ1) is 7.41. The molecule has 0 heterocycles. The van der Waals surface area contributed by atoms with Gasteiger partial charge >= 0.3 is 0 Å². The molecular weight excluding hydrogens is 386 g/mol. The largest absolute Gasteiger partial charge is 0.366 e. The smallest absolute Gasteiger partial charge is 0.0758 e. The third-order valence-electron chi connectivity index (χ3n) is 2.63. The zero-order valence-corrected chi connectivity index (χ0v) is 12.7. The SMILES string of the molecule is CC(C)(C)C1=[C-]C(=O)c2ccccc2C1=O.[Re]. The zero-order chi connectivity index (χ0) is 11.9. The summed E-state index contributed by atoms with van der Waals surface area (Å²) in [6.45, 7) is 5.73. The molecule has 0 spiro atoms. The first kappa shape index (κ1) is 14.0. The fourth-order valence-electron chi connectivity index (χ4n) is 1.78. The molecular formula is C14H13O2Re-. The molecule has 0 atom stereocenters. The number of rotatable bonds is 0. The maximum atomic E-state index is 12.2. The normalized spacial score (nSPS) is 14.9. The molecule has 17 heavy (non-hydrogen) atoms. The van der Waals surface area contributed by atoms with Gasteiger partial charge in [0.15, 0.2) is 0 Å². The maximum absolute atomic E-state index is 12.2. The van der Waals surface area contributed by atoms with Gasteiger partial charge in [0, 0.05) is 20.4 Å². The first-order valence-corrected chi connectivity index (χ1v) is 5.24. The van der Waals surface area contributed by atoms with Gasteiger partial charge in [-0.25, -0.2) is 0 Å². The molecule has 0 N–H and O–H groups in total. The first-order valence-electron chi connectivity index (χ1n) is 5.24. The Bertz CT molecular complexity index is 507. The van der Waals surface area contributed by atoms with Crippen LogP contribution in [0.15, 0.2) is 29.8 Å². The van der Waals surface area contributed by atoms with Crippen molar-refractivity contribution in [3.05, 3.63) is 47.0 Å². The predicted molar refractivity (Wildman–Crippen MR) is 61.3 cm³/mol. The van der Waals surface area contributed by atoms with Crippen LogP contribution >= 0.6 is 0 Å². The number of Topliss-reactive ketones (excluding diaryl/α,β-unsaturated/α-hetero) is 2. The van der Waals surface area contributed by atoms with Gasteiger partial charge in [-0.3, -0.25) is 0 Å². The van der Waals surface area contributed by atoms with Gasteiger partial charge in [0.2, 0.25) is 0 Å². The van der Waals surface area contributed by atoms with Gasteiger partial charge in [0.1, 0.15) is 0 Å². The molecule has 0 aromatic heterocycles. The summed E-state index contributed by atoms with van der Waals surface area (Å²) >= 11 is 0. The van der Waals surface area contributed by atoms with Crippen molar-refractivity contribution in [2.24, 2.45) is 5.41 Å². The van der Waals surface area contributed by atoms with E-state index >= 15 is 0 Å². The Morgan fingerprint density at radius 2 is 1.53 bits per heavy atom. The van der Waals surface area contributed by atoms with Crippen LogP contribution in [-0.4, -0.2) is 11.6 Å². The number of benzene rings is 1. The molecule has 1 aromatic carbocycles. The van der Waals surface area contributed by atoms with E-state index in [1.807, 2.05) is 20.8 Å². The van der Waals surface area contributed by atoms with E-state index in [9.17, 15) is 9.59 Å². The van der Waals surface area contributed by atoms with Crippen LogP contribution in [0.25, 0.3) is 0 Å². The van der Waals surface area contributed by atoms with Crippen LogP contribution in [0.4, 0.5) is 0 Å². The molecule has 0 unspecified atom stereocenters. The van der Waals surface area contributed by atoms with Crippen molar-refractivity contribution in [3.63, 3.8) is 0 Å². The summed E-state index contributed by atoms with van der Waals surface area (Å²) in [7, 11) is 0. The Morgan fingerprint density at radius 3 is 2.06 bits per heavy atom. The van der Waals surface area contributed by atoms with Crippen LogP contribution in [0.2, 0.25) is 0 Å². The van der Waals surface area contributed by atoms with Crippen LogP contribution in [0.3, 0.4) is 0 Å². The van der Waals surface area contributed by atoms with Crippen molar-refractivity contribution in [3.8, 4) is 0 Å². The van der Waals surface area contributed by atoms with Gasteiger partial charge in [0.25, 0.3) is 0 Å². The van der Waals surface area contributed by atoms with E-state index in [2.05, 4.69) is 6.08 Å². The fraction of sp³-hybridized carbons (Fsp3) is 0.286. The van der Waals surface area contributed by atoms with Gasteiger partial charge in [-0.15, -0.1) is 17.7 Å². The van der Waals surface area contributed by atoms with Gasteiger partial charge in [-0.2, -0.15) is 0 Å². The van der Waals surface area contributed by atoms with Crippen molar-refractivity contribution < 1.29 is 30.0 Å². The minimum absolute atomic E-state index is 0. The van der Waals surface area contributed by atoms with Crippen LogP contribution < -0.4 is 0 Å². The average molecular weight is 399 g/mol. The maximum Gasteiger partial charge on any atom is 0.0758 e.